The first-order valence-electron chi connectivity index (χ1n) is 9.23. The van der Waals surface area contributed by atoms with E-state index in [1.165, 1.54) is 6.07 Å². The van der Waals surface area contributed by atoms with Gasteiger partial charge in [-0.1, -0.05) is 59.6 Å². The summed E-state index contributed by atoms with van der Waals surface area (Å²) < 4.78 is 41.9. The highest BCUT2D eigenvalue weighted by Gasteiger charge is 2.33. The van der Waals surface area contributed by atoms with E-state index in [1.54, 1.807) is 35.3 Å². The van der Waals surface area contributed by atoms with Crippen molar-refractivity contribution in [1.29, 1.82) is 0 Å². The van der Waals surface area contributed by atoms with Crippen molar-refractivity contribution in [3.8, 4) is 11.4 Å². The summed E-state index contributed by atoms with van der Waals surface area (Å²) in [5.74, 6) is -0.0143. The second kappa shape index (κ2) is 8.69. The molecule has 158 valence electrons. The summed E-state index contributed by atoms with van der Waals surface area (Å²) in [5, 5.41) is 5.08. The van der Waals surface area contributed by atoms with Gasteiger partial charge in [-0.3, -0.25) is 4.68 Å². The lowest BCUT2D eigenvalue weighted by molar-refractivity contribution is -0.141. The van der Waals surface area contributed by atoms with Crippen molar-refractivity contribution in [2.75, 3.05) is 0 Å². The Kier molecular flexibility index (Phi) is 5.98. The number of aromatic nitrogens is 4. The van der Waals surface area contributed by atoms with E-state index in [9.17, 15) is 13.2 Å². The van der Waals surface area contributed by atoms with Crippen LogP contribution >= 0.6 is 23.2 Å². The second-order valence-corrected chi connectivity index (χ2v) is 7.80. The van der Waals surface area contributed by atoms with Gasteiger partial charge in [-0.15, -0.1) is 0 Å². The number of nitrogens with zero attached hydrogens (tertiary/aromatic N) is 4. The molecule has 0 unspecified atom stereocenters. The smallest absolute Gasteiger partial charge is 0.267 e. The molecule has 31 heavy (non-hydrogen) atoms. The molecule has 0 aliphatic rings. The Morgan fingerprint density at radius 2 is 1.61 bits per heavy atom. The number of halogens is 5. The van der Waals surface area contributed by atoms with Crippen LogP contribution in [0.5, 0.6) is 0 Å². The first kappa shape index (κ1) is 21.3. The minimum absolute atomic E-state index is 0.0143. The van der Waals surface area contributed by atoms with E-state index < -0.39 is 11.9 Å². The number of hydrogen-bond donors (Lipinski definition) is 0. The molecule has 9 heteroatoms. The third kappa shape index (κ3) is 5.42. The van der Waals surface area contributed by atoms with Crippen molar-refractivity contribution in [3.63, 3.8) is 0 Å². The predicted octanol–water partition coefficient (Wildman–Crippen LogP) is 6.30. The van der Waals surface area contributed by atoms with Crippen LogP contribution in [0.2, 0.25) is 10.0 Å². The Balaban J connectivity index is 1.60. The molecule has 4 rings (SSSR count). The Morgan fingerprint density at radius 1 is 0.871 bits per heavy atom. The lowest BCUT2D eigenvalue weighted by atomic mass is 10.1. The Hall–Kier alpha value is -2.90. The number of rotatable bonds is 5. The molecule has 0 aliphatic heterocycles. The molecule has 4 nitrogen and oxygen atoms in total. The van der Waals surface area contributed by atoms with Crippen LogP contribution in [-0.4, -0.2) is 19.7 Å². The Labute approximate surface area is 186 Å². The average Bonchev–Trinajstić information content (AvgIpc) is 3.13. The zero-order valence-corrected chi connectivity index (χ0v) is 17.5. The maximum atomic E-state index is 13.4. The van der Waals surface area contributed by atoms with Crippen LogP contribution in [0.15, 0.2) is 67.0 Å². The predicted molar refractivity (Wildman–Crippen MR) is 113 cm³/mol. The number of hydrogen-bond acceptors (Lipinski definition) is 3. The minimum Gasteiger partial charge on any atom is -0.267 e. The molecule has 0 N–H and O–H groups in total. The summed E-state index contributed by atoms with van der Waals surface area (Å²) >= 11 is 11.8. The number of alkyl halides is 3. The molecule has 2 aromatic carbocycles. The van der Waals surface area contributed by atoms with Gasteiger partial charge in [0.25, 0.3) is 0 Å². The van der Waals surface area contributed by atoms with Crippen LogP contribution in [0, 0.1) is 0 Å². The third-order valence-corrected chi connectivity index (χ3v) is 4.94. The Morgan fingerprint density at radius 3 is 2.26 bits per heavy atom. The summed E-state index contributed by atoms with van der Waals surface area (Å²) in [4.78, 5) is 8.05. The molecule has 0 bridgehead atoms. The van der Waals surface area contributed by atoms with E-state index >= 15 is 0 Å². The molecule has 4 aromatic rings. The fourth-order valence-corrected chi connectivity index (χ4v) is 3.42. The summed E-state index contributed by atoms with van der Waals surface area (Å²) in [7, 11) is 0. The summed E-state index contributed by atoms with van der Waals surface area (Å²) in [6.45, 7) is 0.539. The third-order valence-electron chi connectivity index (χ3n) is 4.51. The molecule has 0 spiro atoms. The summed E-state index contributed by atoms with van der Waals surface area (Å²) in [6.07, 6.45) is -1.08. The highest BCUT2D eigenvalue weighted by Crippen LogP contribution is 2.30. The first-order chi connectivity index (χ1) is 14.8. The maximum absolute atomic E-state index is 13.4. The lowest BCUT2D eigenvalue weighted by Gasteiger charge is -2.11. The van der Waals surface area contributed by atoms with Crippen molar-refractivity contribution in [3.05, 3.63) is 99.6 Å². The maximum Gasteiger partial charge on any atom is 0.433 e. The van der Waals surface area contributed by atoms with Crippen molar-refractivity contribution in [2.24, 2.45) is 0 Å². The lowest BCUT2D eigenvalue weighted by Crippen LogP contribution is -2.11. The largest absolute Gasteiger partial charge is 0.433 e. The second-order valence-electron chi connectivity index (χ2n) is 6.93. The molecule has 0 aliphatic carbocycles. The SMILES string of the molecule is FC(F)(F)c1cc(Cc2ccc(Cn3cc(Cl)cn3)cc2)nc(-c2cccc(Cl)c2)n1. The topological polar surface area (TPSA) is 43.6 Å². The van der Waals surface area contributed by atoms with Gasteiger partial charge in [0.1, 0.15) is 5.69 Å². The van der Waals surface area contributed by atoms with Gasteiger partial charge in [0.15, 0.2) is 5.82 Å². The quantitative estimate of drug-likeness (QED) is 0.349. The van der Waals surface area contributed by atoms with Crippen molar-refractivity contribution >= 4 is 23.2 Å². The van der Waals surface area contributed by atoms with Crippen molar-refractivity contribution in [1.82, 2.24) is 19.7 Å². The highest BCUT2D eigenvalue weighted by molar-refractivity contribution is 6.31. The van der Waals surface area contributed by atoms with E-state index in [0.29, 0.717) is 22.2 Å². The van der Waals surface area contributed by atoms with Gasteiger partial charge in [-0.05, 0) is 29.3 Å². The average molecular weight is 463 g/mol. The molecule has 0 radical (unpaired) electrons. The monoisotopic (exact) mass is 462 g/mol. The van der Waals surface area contributed by atoms with Crippen molar-refractivity contribution in [2.45, 2.75) is 19.1 Å². The van der Waals surface area contributed by atoms with Gasteiger partial charge in [0.05, 0.1) is 17.8 Å². The first-order valence-corrected chi connectivity index (χ1v) is 9.99. The zero-order chi connectivity index (χ0) is 22.0. The molecule has 0 fully saturated rings. The minimum atomic E-state index is -4.58. The molecule has 2 aromatic heterocycles. The molecule has 2 heterocycles. The molecule has 0 atom stereocenters. The normalized spacial score (nSPS) is 11.6. The van der Waals surface area contributed by atoms with Gasteiger partial charge in [-0.2, -0.15) is 18.3 Å². The van der Waals surface area contributed by atoms with Gasteiger partial charge in [0.2, 0.25) is 0 Å². The fraction of sp³-hybridized carbons (Fsp3) is 0.136. The molecule has 0 saturated heterocycles. The fourth-order valence-electron chi connectivity index (χ4n) is 3.07. The van der Waals surface area contributed by atoms with Crippen LogP contribution in [0.4, 0.5) is 13.2 Å². The van der Waals surface area contributed by atoms with Gasteiger partial charge in [0, 0.05) is 28.9 Å². The van der Waals surface area contributed by atoms with E-state index in [0.717, 1.165) is 17.2 Å². The summed E-state index contributed by atoms with van der Waals surface area (Å²) in [6, 6.07) is 14.9. The molecular weight excluding hydrogens is 448 g/mol. The van der Waals surface area contributed by atoms with E-state index in [-0.39, 0.29) is 17.9 Å². The van der Waals surface area contributed by atoms with Gasteiger partial charge >= 0.3 is 6.18 Å². The van der Waals surface area contributed by atoms with E-state index in [4.69, 9.17) is 23.2 Å². The van der Waals surface area contributed by atoms with Gasteiger partial charge in [-0.25, -0.2) is 9.97 Å². The van der Waals surface area contributed by atoms with Crippen LogP contribution < -0.4 is 0 Å². The van der Waals surface area contributed by atoms with Crippen LogP contribution in [-0.2, 0) is 19.1 Å². The summed E-state index contributed by atoms with van der Waals surface area (Å²) in [5.41, 5.74) is 1.52. The Bertz CT molecular complexity index is 1200. The number of benzene rings is 2. The van der Waals surface area contributed by atoms with Crippen LogP contribution in [0.3, 0.4) is 0 Å². The van der Waals surface area contributed by atoms with E-state index in [1.807, 2.05) is 24.3 Å². The highest BCUT2D eigenvalue weighted by atomic mass is 35.5. The van der Waals surface area contributed by atoms with Crippen molar-refractivity contribution < 1.29 is 13.2 Å². The molecule has 0 saturated carbocycles. The van der Waals surface area contributed by atoms with E-state index in [2.05, 4.69) is 15.1 Å². The molecular formula is C22H15Cl2F3N4. The van der Waals surface area contributed by atoms with Crippen LogP contribution in [0.1, 0.15) is 22.5 Å². The van der Waals surface area contributed by atoms with Crippen LogP contribution in [0.25, 0.3) is 11.4 Å². The zero-order valence-electron chi connectivity index (χ0n) is 15.9. The van der Waals surface area contributed by atoms with Gasteiger partial charge < -0.3 is 0 Å². The molecule has 0 amide bonds. The standard InChI is InChI=1S/C22H15Cl2F3N4/c23-17-3-1-2-16(9-17)21-29-19(10-20(30-21)22(25,26)27)8-14-4-6-15(7-5-14)12-31-13-18(24)11-28-31/h1-7,9-11,13H,8,12H2.